The van der Waals surface area contributed by atoms with Gasteiger partial charge in [0.2, 0.25) is 0 Å². The summed E-state index contributed by atoms with van der Waals surface area (Å²) >= 11 is 3.50. The summed E-state index contributed by atoms with van der Waals surface area (Å²) in [6, 6.07) is 1.87. The molecule has 2 aromatic rings. The third-order valence-corrected chi connectivity index (χ3v) is 4.58. The monoisotopic (exact) mass is 353 g/mol. The smallest absolute Gasteiger partial charge is 0.271 e. The van der Waals surface area contributed by atoms with Gasteiger partial charge < -0.3 is 5.32 Å². The Hall–Kier alpha value is -1.63. The van der Waals surface area contributed by atoms with Gasteiger partial charge in [-0.15, -0.1) is 0 Å². The fourth-order valence-electron chi connectivity index (χ4n) is 1.91. The molecule has 1 amide bonds. The molecule has 0 saturated carbocycles. The van der Waals surface area contributed by atoms with Gasteiger partial charge in [0.1, 0.15) is 12.4 Å². The summed E-state index contributed by atoms with van der Waals surface area (Å²) in [5, 5.41) is 11.6. The number of aryl methyl sites for hydroxylation is 1. The van der Waals surface area contributed by atoms with Crippen LogP contribution in [0, 0.1) is 13.8 Å². The second kappa shape index (κ2) is 6.43. The van der Waals surface area contributed by atoms with Crippen LogP contribution in [0.1, 0.15) is 42.1 Å². The number of carbonyl (C=O) groups excluding carboxylic acids is 1. The Morgan fingerprint density at radius 2 is 2.14 bits per heavy atom. The standard InChI is InChI=1S/C14H20BrN5O/c1-5-9(2)16-14(21)12-6-7-19(18-12)8-20-11(4)13(15)10(3)17-20/h6-7,9H,5,8H2,1-4H3,(H,16,21)/t9-/m0/s1. The molecule has 0 unspecified atom stereocenters. The highest BCUT2D eigenvalue weighted by Gasteiger charge is 2.13. The predicted octanol–water partition coefficient (Wildman–Crippen LogP) is 2.49. The maximum atomic E-state index is 12.0. The van der Waals surface area contributed by atoms with Crippen LogP contribution in [0.25, 0.3) is 0 Å². The quantitative estimate of drug-likeness (QED) is 0.897. The third kappa shape index (κ3) is 3.53. The van der Waals surface area contributed by atoms with Crippen LogP contribution in [0.4, 0.5) is 0 Å². The largest absolute Gasteiger partial charge is 0.348 e. The Bertz CT molecular complexity index is 646. The average molecular weight is 354 g/mol. The van der Waals surface area contributed by atoms with E-state index < -0.39 is 0 Å². The van der Waals surface area contributed by atoms with Crippen molar-refractivity contribution in [1.82, 2.24) is 24.9 Å². The van der Waals surface area contributed by atoms with Crippen molar-refractivity contribution in [3.63, 3.8) is 0 Å². The lowest BCUT2D eigenvalue weighted by molar-refractivity contribution is 0.0933. The van der Waals surface area contributed by atoms with Gasteiger partial charge in [0, 0.05) is 12.2 Å². The first kappa shape index (κ1) is 15.8. The normalized spacial score (nSPS) is 12.4. The molecule has 114 valence electrons. The van der Waals surface area contributed by atoms with Gasteiger partial charge in [-0.25, -0.2) is 4.68 Å². The Labute approximate surface area is 132 Å². The van der Waals surface area contributed by atoms with E-state index in [0.29, 0.717) is 12.4 Å². The number of aromatic nitrogens is 4. The number of halogens is 1. The summed E-state index contributed by atoms with van der Waals surface area (Å²) in [5.74, 6) is -0.141. The van der Waals surface area contributed by atoms with Crippen molar-refractivity contribution in [3.05, 3.63) is 33.8 Å². The van der Waals surface area contributed by atoms with Crippen LogP contribution in [0.5, 0.6) is 0 Å². The van der Waals surface area contributed by atoms with E-state index in [4.69, 9.17) is 0 Å². The number of carbonyl (C=O) groups is 1. The minimum Gasteiger partial charge on any atom is -0.348 e. The zero-order valence-electron chi connectivity index (χ0n) is 12.7. The highest BCUT2D eigenvalue weighted by molar-refractivity contribution is 9.10. The van der Waals surface area contributed by atoms with E-state index in [2.05, 4.69) is 31.4 Å². The lowest BCUT2D eigenvalue weighted by atomic mass is 10.2. The van der Waals surface area contributed by atoms with E-state index in [0.717, 1.165) is 22.3 Å². The van der Waals surface area contributed by atoms with Crippen LogP contribution in [0.15, 0.2) is 16.7 Å². The molecule has 7 heteroatoms. The van der Waals surface area contributed by atoms with Gasteiger partial charge in [-0.3, -0.25) is 9.48 Å². The molecule has 0 saturated heterocycles. The number of hydrogen-bond donors (Lipinski definition) is 1. The molecule has 0 radical (unpaired) electrons. The molecule has 21 heavy (non-hydrogen) atoms. The van der Waals surface area contributed by atoms with Crippen molar-refractivity contribution in [2.24, 2.45) is 0 Å². The van der Waals surface area contributed by atoms with Crippen molar-refractivity contribution in [2.45, 2.75) is 46.8 Å². The molecule has 0 aliphatic carbocycles. The number of hydrogen-bond acceptors (Lipinski definition) is 3. The predicted molar refractivity (Wildman–Crippen MR) is 84.2 cm³/mol. The van der Waals surface area contributed by atoms with E-state index in [9.17, 15) is 4.79 Å². The Kier molecular flexibility index (Phi) is 4.82. The first-order valence-electron chi connectivity index (χ1n) is 6.96. The number of nitrogens with zero attached hydrogens (tertiary/aromatic N) is 4. The summed E-state index contributed by atoms with van der Waals surface area (Å²) in [4.78, 5) is 12.0. The Morgan fingerprint density at radius 3 is 2.71 bits per heavy atom. The Balaban J connectivity index is 2.09. The molecule has 0 spiro atoms. The summed E-state index contributed by atoms with van der Waals surface area (Å²) in [6.45, 7) is 8.42. The van der Waals surface area contributed by atoms with Crippen LogP contribution in [0.3, 0.4) is 0 Å². The SMILES string of the molecule is CC[C@H](C)NC(=O)c1ccn(Cn2nc(C)c(Br)c2C)n1. The van der Waals surface area contributed by atoms with Crippen molar-refractivity contribution >= 4 is 21.8 Å². The third-order valence-electron chi connectivity index (χ3n) is 3.44. The van der Waals surface area contributed by atoms with Crippen molar-refractivity contribution in [1.29, 1.82) is 0 Å². The zero-order valence-corrected chi connectivity index (χ0v) is 14.3. The van der Waals surface area contributed by atoms with Crippen LogP contribution in [-0.4, -0.2) is 31.5 Å². The van der Waals surface area contributed by atoms with Crippen molar-refractivity contribution in [2.75, 3.05) is 0 Å². The fraction of sp³-hybridized carbons (Fsp3) is 0.500. The van der Waals surface area contributed by atoms with Crippen LogP contribution in [-0.2, 0) is 6.67 Å². The minimum absolute atomic E-state index is 0.141. The molecule has 1 N–H and O–H groups in total. The summed E-state index contributed by atoms with van der Waals surface area (Å²) in [6.07, 6.45) is 2.68. The van der Waals surface area contributed by atoms with E-state index in [1.165, 1.54) is 0 Å². The molecular weight excluding hydrogens is 334 g/mol. The maximum Gasteiger partial charge on any atom is 0.271 e. The second-order valence-corrected chi connectivity index (χ2v) is 5.94. The summed E-state index contributed by atoms with van der Waals surface area (Å²) in [7, 11) is 0. The van der Waals surface area contributed by atoms with Gasteiger partial charge in [0.25, 0.3) is 5.91 Å². The fourth-order valence-corrected chi connectivity index (χ4v) is 2.20. The van der Waals surface area contributed by atoms with Gasteiger partial charge in [-0.05, 0) is 49.2 Å². The number of amides is 1. The van der Waals surface area contributed by atoms with Crippen LogP contribution >= 0.6 is 15.9 Å². The zero-order chi connectivity index (χ0) is 15.6. The number of nitrogens with one attached hydrogen (secondary N) is 1. The molecule has 0 fully saturated rings. The molecule has 2 rings (SSSR count). The molecule has 0 aromatic carbocycles. The van der Waals surface area contributed by atoms with Gasteiger partial charge in [-0.2, -0.15) is 10.2 Å². The molecule has 0 aliphatic rings. The van der Waals surface area contributed by atoms with E-state index in [1.54, 1.807) is 16.9 Å². The summed E-state index contributed by atoms with van der Waals surface area (Å²) in [5.41, 5.74) is 2.40. The van der Waals surface area contributed by atoms with Crippen molar-refractivity contribution in [3.8, 4) is 0 Å². The van der Waals surface area contributed by atoms with E-state index >= 15 is 0 Å². The van der Waals surface area contributed by atoms with Crippen LogP contribution in [0.2, 0.25) is 0 Å². The molecule has 0 bridgehead atoms. The molecule has 0 aliphatic heterocycles. The first-order valence-corrected chi connectivity index (χ1v) is 7.75. The van der Waals surface area contributed by atoms with E-state index in [1.807, 2.05) is 32.4 Å². The summed E-state index contributed by atoms with van der Waals surface area (Å²) < 4.78 is 4.56. The first-order chi connectivity index (χ1) is 9.92. The Morgan fingerprint density at radius 1 is 1.43 bits per heavy atom. The highest BCUT2D eigenvalue weighted by Crippen LogP contribution is 2.19. The maximum absolute atomic E-state index is 12.0. The van der Waals surface area contributed by atoms with Gasteiger partial charge in [0.15, 0.2) is 0 Å². The van der Waals surface area contributed by atoms with Gasteiger partial charge in [-0.1, -0.05) is 6.92 Å². The lowest BCUT2D eigenvalue weighted by Crippen LogP contribution is -2.32. The molecule has 1 atom stereocenters. The van der Waals surface area contributed by atoms with Crippen molar-refractivity contribution < 1.29 is 4.79 Å². The second-order valence-electron chi connectivity index (χ2n) is 5.15. The average Bonchev–Trinajstić information content (AvgIpc) is 3.01. The van der Waals surface area contributed by atoms with Crippen LogP contribution < -0.4 is 5.32 Å². The van der Waals surface area contributed by atoms with Gasteiger partial charge >= 0.3 is 0 Å². The highest BCUT2D eigenvalue weighted by atomic mass is 79.9. The minimum atomic E-state index is -0.141. The lowest BCUT2D eigenvalue weighted by Gasteiger charge is -2.09. The molecule has 6 nitrogen and oxygen atoms in total. The molecule has 2 heterocycles. The topological polar surface area (TPSA) is 64.7 Å². The molecule has 2 aromatic heterocycles. The molecular formula is C14H20BrN5O. The van der Waals surface area contributed by atoms with E-state index in [-0.39, 0.29) is 11.9 Å². The number of rotatable bonds is 5. The van der Waals surface area contributed by atoms with Gasteiger partial charge in [0.05, 0.1) is 15.9 Å².